The SMILES string of the molecule is NC(=NOC(=O)c1ccccc1)[C@H](C(=O)NOC(=O)c1ccccc1)C1CCCCC1. The van der Waals surface area contributed by atoms with Crippen molar-refractivity contribution >= 4 is 23.7 Å². The number of nitrogens with zero attached hydrogens (tertiary/aromatic N) is 1. The minimum Gasteiger partial charge on any atom is -0.384 e. The number of nitrogens with one attached hydrogen (secondary N) is 1. The minimum atomic E-state index is -0.882. The third-order valence-electron chi connectivity index (χ3n) is 5.22. The van der Waals surface area contributed by atoms with Crippen molar-refractivity contribution < 1.29 is 24.1 Å². The molecule has 0 spiro atoms. The molecule has 1 amide bonds. The fraction of sp³-hybridized carbons (Fsp3) is 0.304. The van der Waals surface area contributed by atoms with Gasteiger partial charge in [-0.15, -0.1) is 0 Å². The van der Waals surface area contributed by atoms with Gasteiger partial charge in [0, 0.05) is 0 Å². The maximum Gasteiger partial charge on any atom is 0.365 e. The summed E-state index contributed by atoms with van der Waals surface area (Å²) in [5.41, 5.74) is 8.87. The average molecular weight is 423 g/mol. The van der Waals surface area contributed by atoms with Gasteiger partial charge in [0.25, 0.3) is 5.91 Å². The quantitative estimate of drug-likeness (QED) is 0.319. The molecular weight excluding hydrogens is 398 g/mol. The molecule has 3 rings (SSSR count). The first-order valence-corrected chi connectivity index (χ1v) is 10.2. The van der Waals surface area contributed by atoms with Crippen molar-refractivity contribution in [2.24, 2.45) is 22.7 Å². The van der Waals surface area contributed by atoms with Gasteiger partial charge in [-0.2, -0.15) is 5.48 Å². The van der Waals surface area contributed by atoms with Crippen molar-refractivity contribution in [2.45, 2.75) is 32.1 Å². The number of hydrogen-bond acceptors (Lipinski definition) is 6. The van der Waals surface area contributed by atoms with Gasteiger partial charge in [0.15, 0.2) is 5.84 Å². The van der Waals surface area contributed by atoms with E-state index in [1.807, 2.05) is 0 Å². The minimum absolute atomic E-state index is 0.0941. The fourth-order valence-corrected chi connectivity index (χ4v) is 3.63. The molecule has 0 radical (unpaired) electrons. The summed E-state index contributed by atoms with van der Waals surface area (Å²) in [5.74, 6) is -3.09. The van der Waals surface area contributed by atoms with Crippen molar-refractivity contribution in [2.75, 3.05) is 0 Å². The molecule has 1 saturated carbocycles. The normalized spacial score (nSPS) is 15.5. The van der Waals surface area contributed by atoms with Crippen molar-refractivity contribution in [3.63, 3.8) is 0 Å². The Kier molecular flexibility index (Phi) is 7.75. The molecule has 8 heteroatoms. The number of nitrogens with two attached hydrogens (primary N) is 1. The van der Waals surface area contributed by atoms with Crippen LogP contribution in [0.2, 0.25) is 0 Å². The molecule has 8 nitrogen and oxygen atoms in total. The van der Waals surface area contributed by atoms with Crippen molar-refractivity contribution in [3.05, 3.63) is 71.8 Å². The summed E-state index contributed by atoms with van der Waals surface area (Å²) in [4.78, 5) is 47.0. The van der Waals surface area contributed by atoms with Crippen LogP contribution < -0.4 is 11.2 Å². The number of benzene rings is 2. The smallest absolute Gasteiger partial charge is 0.365 e. The van der Waals surface area contributed by atoms with Crippen LogP contribution in [0, 0.1) is 11.8 Å². The van der Waals surface area contributed by atoms with E-state index in [4.69, 9.17) is 15.4 Å². The van der Waals surface area contributed by atoms with E-state index in [-0.39, 0.29) is 11.8 Å². The Hall–Kier alpha value is -3.68. The first kappa shape index (κ1) is 22.0. The number of rotatable bonds is 6. The molecule has 1 fully saturated rings. The van der Waals surface area contributed by atoms with E-state index >= 15 is 0 Å². The third-order valence-corrected chi connectivity index (χ3v) is 5.22. The zero-order valence-electron chi connectivity index (χ0n) is 17.0. The van der Waals surface area contributed by atoms with Gasteiger partial charge in [0.05, 0.1) is 11.1 Å². The zero-order valence-corrected chi connectivity index (χ0v) is 17.0. The lowest BCUT2D eigenvalue weighted by molar-refractivity contribution is -0.133. The van der Waals surface area contributed by atoms with E-state index in [0.717, 1.165) is 32.1 Å². The Morgan fingerprint density at radius 1 is 0.871 bits per heavy atom. The van der Waals surface area contributed by atoms with Crippen LogP contribution in [-0.4, -0.2) is 23.7 Å². The summed E-state index contributed by atoms with van der Waals surface area (Å²) in [6.07, 6.45) is 4.53. The molecule has 1 aliphatic carbocycles. The average Bonchev–Trinajstić information content (AvgIpc) is 2.83. The first-order chi connectivity index (χ1) is 15.1. The Morgan fingerprint density at radius 2 is 1.42 bits per heavy atom. The van der Waals surface area contributed by atoms with Gasteiger partial charge in [-0.25, -0.2) is 9.59 Å². The second-order valence-electron chi connectivity index (χ2n) is 7.36. The highest BCUT2D eigenvalue weighted by molar-refractivity contribution is 6.03. The van der Waals surface area contributed by atoms with E-state index in [2.05, 4.69) is 10.6 Å². The van der Waals surface area contributed by atoms with Crippen LogP contribution in [0.25, 0.3) is 0 Å². The number of hydrogen-bond donors (Lipinski definition) is 2. The molecule has 0 aliphatic heterocycles. The second-order valence-corrected chi connectivity index (χ2v) is 7.36. The molecule has 1 aliphatic rings. The van der Waals surface area contributed by atoms with E-state index in [1.165, 1.54) is 0 Å². The molecule has 2 aromatic carbocycles. The fourth-order valence-electron chi connectivity index (χ4n) is 3.63. The number of hydroxylamine groups is 1. The number of carbonyl (C=O) groups is 3. The lowest BCUT2D eigenvalue weighted by Crippen LogP contribution is -2.44. The summed E-state index contributed by atoms with van der Waals surface area (Å²) >= 11 is 0. The Balaban J connectivity index is 1.68. The second kappa shape index (κ2) is 10.9. The van der Waals surface area contributed by atoms with Crippen LogP contribution in [0.4, 0.5) is 0 Å². The molecule has 0 bridgehead atoms. The highest BCUT2D eigenvalue weighted by atomic mass is 16.7. The van der Waals surface area contributed by atoms with Crippen LogP contribution in [0.3, 0.4) is 0 Å². The van der Waals surface area contributed by atoms with Crippen molar-refractivity contribution in [3.8, 4) is 0 Å². The number of amidine groups is 1. The topological polar surface area (TPSA) is 120 Å². The third kappa shape index (κ3) is 6.15. The molecule has 0 saturated heterocycles. The Labute approximate surface area is 180 Å². The number of carbonyl (C=O) groups excluding carboxylic acids is 3. The molecule has 162 valence electrons. The van der Waals surface area contributed by atoms with E-state index < -0.39 is 23.8 Å². The summed E-state index contributed by atoms with van der Waals surface area (Å²) in [7, 11) is 0. The van der Waals surface area contributed by atoms with Crippen LogP contribution in [0.1, 0.15) is 52.8 Å². The Bertz CT molecular complexity index is 925. The first-order valence-electron chi connectivity index (χ1n) is 10.2. The van der Waals surface area contributed by atoms with E-state index in [9.17, 15) is 14.4 Å². The highest BCUT2D eigenvalue weighted by Gasteiger charge is 2.34. The van der Waals surface area contributed by atoms with Crippen molar-refractivity contribution in [1.29, 1.82) is 0 Å². The lowest BCUT2D eigenvalue weighted by Gasteiger charge is -2.28. The number of amides is 1. The zero-order chi connectivity index (χ0) is 22.1. The van der Waals surface area contributed by atoms with Gasteiger partial charge in [0.2, 0.25) is 0 Å². The standard InChI is InChI=1S/C23H25N3O5/c24-20(25-30-22(28)17-12-6-2-7-13-17)19(16-10-4-1-5-11-16)21(27)26-31-23(29)18-14-8-3-9-15-18/h2-3,6-9,12-16,19H,1,4-5,10-11H2,(H2,24,25)(H,26,27)/t19-/m1/s1. The molecule has 1 atom stereocenters. The summed E-state index contributed by atoms with van der Waals surface area (Å²) in [6, 6.07) is 16.6. The molecular formula is C23H25N3O5. The molecule has 0 aromatic heterocycles. The van der Waals surface area contributed by atoms with Gasteiger partial charge in [-0.05, 0) is 43.0 Å². The molecule has 0 heterocycles. The maximum absolute atomic E-state index is 12.8. The predicted molar refractivity (Wildman–Crippen MR) is 114 cm³/mol. The molecule has 0 unspecified atom stereocenters. The monoisotopic (exact) mass is 423 g/mol. The van der Waals surface area contributed by atoms with Crippen LogP contribution >= 0.6 is 0 Å². The van der Waals surface area contributed by atoms with E-state index in [0.29, 0.717) is 11.1 Å². The van der Waals surface area contributed by atoms with Gasteiger partial charge in [0.1, 0.15) is 5.92 Å². The van der Waals surface area contributed by atoms with Crippen LogP contribution in [0.15, 0.2) is 65.8 Å². The van der Waals surface area contributed by atoms with Gasteiger partial charge < -0.3 is 15.4 Å². The predicted octanol–water partition coefficient (Wildman–Crippen LogP) is 3.20. The van der Waals surface area contributed by atoms with Crippen LogP contribution in [-0.2, 0) is 14.5 Å². The van der Waals surface area contributed by atoms with Crippen LogP contribution in [0.5, 0.6) is 0 Å². The summed E-state index contributed by atoms with van der Waals surface area (Å²) < 4.78 is 0. The molecule has 2 aromatic rings. The molecule has 3 N–H and O–H groups in total. The molecule has 31 heavy (non-hydrogen) atoms. The van der Waals surface area contributed by atoms with Gasteiger partial charge in [-0.1, -0.05) is 60.8 Å². The largest absolute Gasteiger partial charge is 0.384 e. The highest BCUT2D eigenvalue weighted by Crippen LogP contribution is 2.30. The maximum atomic E-state index is 12.8. The van der Waals surface area contributed by atoms with Gasteiger partial charge in [-0.3, -0.25) is 4.79 Å². The number of oxime groups is 1. The summed E-state index contributed by atoms with van der Waals surface area (Å²) in [5, 5.41) is 3.73. The Morgan fingerprint density at radius 3 is 2.00 bits per heavy atom. The van der Waals surface area contributed by atoms with E-state index in [1.54, 1.807) is 60.7 Å². The lowest BCUT2D eigenvalue weighted by atomic mass is 9.79. The van der Waals surface area contributed by atoms with Crippen molar-refractivity contribution in [1.82, 2.24) is 5.48 Å². The van der Waals surface area contributed by atoms with Gasteiger partial charge >= 0.3 is 11.9 Å². The summed E-state index contributed by atoms with van der Waals surface area (Å²) in [6.45, 7) is 0.